The summed E-state index contributed by atoms with van der Waals surface area (Å²) in [5.74, 6) is -0.0461. The number of nitrogens with zero attached hydrogens (tertiary/aromatic N) is 2. The number of benzene rings is 1. The molecule has 3 rings (SSSR count). The molecule has 1 amide bonds. The molecule has 2 aromatic rings. The highest BCUT2D eigenvalue weighted by Crippen LogP contribution is 2.41. The molecule has 0 bridgehead atoms. The van der Waals surface area contributed by atoms with Crippen molar-refractivity contribution in [2.45, 2.75) is 37.1 Å². The third kappa shape index (κ3) is 2.94. The predicted octanol–water partition coefficient (Wildman–Crippen LogP) is 2.38. The zero-order valence-electron chi connectivity index (χ0n) is 14.6. The number of pyridine rings is 1. The number of hydrogen-bond donors (Lipinski definition) is 1. The summed E-state index contributed by atoms with van der Waals surface area (Å²) in [5, 5.41) is 0. The first-order valence-corrected chi connectivity index (χ1v) is 9.48. The number of sulfonamides is 1. The number of hydrogen-bond acceptors (Lipinski definition) is 4. The fourth-order valence-corrected chi connectivity index (χ4v) is 4.40. The van der Waals surface area contributed by atoms with Crippen LogP contribution in [0.5, 0.6) is 0 Å². The van der Waals surface area contributed by atoms with E-state index in [0.717, 1.165) is 16.8 Å². The minimum atomic E-state index is -3.71. The van der Waals surface area contributed by atoms with E-state index in [1.165, 1.54) is 6.07 Å². The van der Waals surface area contributed by atoms with Gasteiger partial charge in [0, 0.05) is 31.2 Å². The highest BCUT2D eigenvalue weighted by atomic mass is 32.2. The van der Waals surface area contributed by atoms with Gasteiger partial charge in [0.15, 0.2) is 0 Å². The van der Waals surface area contributed by atoms with Crippen LogP contribution in [0.3, 0.4) is 0 Å². The van der Waals surface area contributed by atoms with Crippen LogP contribution in [0.15, 0.2) is 47.6 Å². The van der Waals surface area contributed by atoms with Gasteiger partial charge in [0.05, 0.1) is 10.3 Å². The first-order valence-electron chi connectivity index (χ1n) is 7.99. The number of nitrogens with one attached hydrogen (secondary N) is 1. The Labute approximate surface area is 147 Å². The Hall–Kier alpha value is -2.25. The molecular formula is C18H21N3O3S. The van der Waals surface area contributed by atoms with E-state index in [4.69, 9.17) is 0 Å². The van der Waals surface area contributed by atoms with Gasteiger partial charge < -0.3 is 4.90 Å². The fourth-order valence-electron chi connectivity index (χ4n) is 3.14. The predicted molar refractivity (Wildman–Crippen MR) is 95.9 cm³/mol. The van der Waals surface area contributed by atoms with Crippen LogP contribution in [0.4, 0.5) is 5.69 Å². The molecule has 1 aliphatic rings. The number of rotatable bonds is 4. The van der Waals surface area contributed by atoms with E-state index in [2.05, 4.69) is 9.71 Å². The summed E-state index contributed by atoms with van der Waals surface area (Å²) in [6.45, 7) is 5.39. The molecule has 0 saturated carbocycles. The summed E-state index contributed by atoms with van der Waals surface area (Å²) >= 11 is 0. The van der Waals surface area contributed by atoms with E-state index in [1.807, 2.05) is 0 Å². The summed E-state index contributed by atoms with van der Waals surface area (Å²) < 4.78 is 28.2. The molecule has 0 fully saturated rings. The fraction of sp³-hybridized carbons (Fsp3) is 0.333. The largest absolute Gasteiger partial charge is 0.314 e. The van der Waals surface area contributed by atoms with Gasteiger partial charge in [-0.25, -0.2) is 13.1 Å². The number of carbonyl (C=O) groups is 1. The van der Waals surface area contributed by atoms with Crippen LogP contribution in [-0.2, 0) is 20.2 Å². The van der Waals surface area contributed by atoms with Gasteiger partial charge in [-0.05, 0) is 62.2 Å². The molecular weight excluding hydrogens is 338 g/mol. The monoisotopic (exact) mass is 359 g/mol. The second kappa shape index (κ2) is 5.93. The molecule has 0 spiro atoms. The molecule has 132 valence electrons. The Morgan fingerprint density at radius 1 is 1.16 bits per heavy atom. The summed E-state index contributed by atoms with van der Waals surface area (Å²) in [6.07, 6.45) is 3.25. The molecule has 7 heteroatoms. The standard InChI is InChI=1S/C18H21N3O3S/c1-12(13-7-9-19-10-8-13)20-25(23,24)14-5-6-16-15(11-14)18(2,3)17(22)21(16)4/h5-12,20H,1-4H3/t12-/m1/s1. The lowest BCUT2D eigenvalue weighted by Crippen LogP contribution is -2.33. The third-order valence-corrected chi connectivity index (χ3v) is 6.23. The molecule has 0 aliphatic carbocycles. The van der Waals surface area contributed by atoms with E-state index in [-0.39, 0.29) is 10.8 Å². The van der Waals surface area contributed by atoms with E-state index in [1.54, 1.807) is 69.4 Å². The second-order valence-electron chi connectivity index (χ2n) is 6.79. The van der Waals surface area contributed by atoms with Crippen molar-refractivity contribution in [3.8, 4) is 0 Å². The molecule has 6 nitrogen and oxygen atoms in total. The van der Waals surface area contributed by atoms with Crippen molar-refractivity contribution in [3.05, 3.63) is 53.9 Å². The molecule has 25 heavy (non-hydrogen) atoms. The Kier molecular flexibility index (Phi) is 4.17. The molecule has 0 radical (unpaired) electrons. The van der Waals surface area contributed by atoms with Gasteiger partial charge in [0.2, 0.25) is 15.9 Å². The molecule has 1 aromatic heterocycles. The van der Waals surface area contributed by atoms with Crippen molar-refractivity contribution in [2.75, 3.05) is 11.9 Å². The molecule has 1 atom stereocenters. The maximum atomic E-state index is 12.8. The molecule has 0 unspecified atom stereocenters. The van der Waals surface area contributed by atoms with Crippen LogP contribution >= 0.6 is 0 Å². The Morgan fingerprint density at radius 2 is 1.80 bits per heavy atom. The highest BCUT2D eigenvalue weighted by molar-refractivity contribution is 7.89. The summed E-state index contributed by atoms with van der Waals surface area (Å²) in [5.41, 5.74) is 1.55. The highest BCUT2D eigenvalue weighted by Gasteiger charge is 2.42. The second-order valence-corrected chi connectivity index (χ2v) is 8.51. The average molecular weight is 359 g/mol. The summed E-state index contributed by atoms with van der Waals surface area (Å²) in [4.78, 5) is 18.0. The number of likely N-dealkylation sites (N-methyl/N-ethyl adjacent to an activating group) is 1. The minimum absolute atomic E-state index is 0.0461. The number of carbonyl (C=O) groups excluding carboxylic acids is 1. The number of aromatic nitrogens is 1. The SMILES string of the molecule is C[C@@H](NS(=O)(=O)c1ccc2c(c1)C(C)(C)C(=O)N2C)c1ccncc1. The van der Waals surface area contributed by atoms with Crippen molar-refractivity contribution >= 4 is 21.6 Å². The number of fused-ring (bicyclic) bond motifs is 1. The van der Waals surface area contributed by atoms with Crippen LogP contribution in [0.1, 0.15) is 37.9 Å². The van der Waals surface area contributed by atoms with Gasteiger partial charge in [0.1, 0.15) is 0 Å². The van der Waals surface area contributed by atoms with E-state index in [0.29, 0.717) is 0 Å². The van der Waals surface area contributed by atoms with E-state index < -0.39 is 21.5 Å². The molecule has 2 heterocycles. The zero-order valence-corrected chi connectivity index (χ0v) is 15.5. The maximum Gasteiger partial charge on any atom is 0.241 e. The Morgan fingerprint density at radius 3 is 2.44 bits per heavy atom. The quantitative estimate of drug-likeness (QED) is 0.909. The Bertz CT molecular complexity index is 924. The van der Waals surface area contributed by atoms with Crippen LogP contribution in [0, 0.1) is 0 Å². The molecule has 0 saturated heterocycles. The smallest absolute Gasteiger partial charge is 0.241 e. The van der Waals surface area contributed by atoms with Gasteiger partial charge in [-0.15, -0.1) is 0 Å². The van der Waals surface area contributed by atoms with Gasteiger partial charge in [-0.3, -0.25) is 9.78 Å². The van der Waals surface area contributed by atoms with Gasteiger partial charge >= 0.3 is 0 Å². The average Bonchev–Trinajstić information content (AvgIpc) is 2.76. The van der Waals surface area contributed by atoms with E-state index in [9.17, 15) is 13.2 Å². The van der Waals surface area contributed by atoms with E-state index >= 15 is 0 Å². The molecule has 1 N–H and O–H groups in total. The van der Waals surface area contributed by atoms with Crippen molar-refractivity contribution in [1.29, 1.82) is 0 Å². The van der Waals surface area contributed by atoms with Crippen molar-refractivity contribution < 1.29 is 13.2 Å². The number of anilines is 1. The van der Waals surface area contributed by atoms with Crippen molar-refractivity contribution in [1.82, 2.24) is 9.71 Å². The minimum Gasteiger partial charge on any atom is -0.314 e. The van der Waals surface area contributed by atoms with Crippen molar-refractivity contribution in [2.24, 2.45) is 0 Å². The summed E-state index contributed by atoms with van der Waals surface area (Å²) in [7, 11) is -2.01. The Balaban J connectivity index is 1.95. The normalized spacial score (nSPS) is 17.4. The van der Waals surface area contributed by atoms with Crippen LogP contribution in [0.2, 0.25) is 0 Å². The third-order valence-electron chi connectivity index (χ3n) is 4.69. The zero-order chi connectivity index (χ0) is 18.4. The van der Waals surface area contributed by atoms with Gasteiger partial charge in [-0.1, -0.05) is 0 Å². The molecule has 1 aliphatic heterocycles. The van der Waals surface area contributed by atoms with Crippen LogP contribution < -0.4 is 9.62 Å². The summed E-state index contributed by atoms with van der Waals surface area (Å²) in [6, 6.07) is 7.97. The molecule has 1 aromatic carbocycles. The number of amides is 1. The van der Waals surface area contributed by atoms with Crippen LogP contribution in [0.25, 0.3) is 0 Å². The van der Waals surface area contributed by atoms with Gasteiger partial charge in [0.25, 0.3) is 0 Å². The first-order chi connectivity index (χ1) is 11.6. The first kappa shape index (κ1) is 17.6. The lowest BCUT2D eigenvalue weighted by molar-refractivity contribution is -0.121. The maximum absolute atomic E-state index is 12.8. The lowest BCUT2D eigenvalue weighted by atomic mass is 9.86. The van der Waals surface area contributed by atoms with Crippen molar-refractivity contribution in [3.63, 3.8) is 0 Å². The van der Waals surface area contributed by atoms with Gasteiger partial charge in [-0.2, -0.15) is 0 Å². The topological polar surface area (TPSA) is 79.4 Å². The van der Waals surface area contributed by atoms with Crippen LogP contribution in [-0.4, -0.2) is 26.4 Å². The lowest BCUT2D eigenvalue weighted by Gasteiger charge is -2.18.